The molecular weight excluding hydrogens is 535 g/mol. The molecule has 2 saturated heterocycles. The molecule has 2 aliphatic rings. The van der Waals surface area contributed by atoms with Gasteiger partial charge in [0.2, 0.25) is 12.6 Å². The lowest BCUT2D eigenvalue weighted by molar-refractivity contribution is -0.176. The number of aromatic amines is 2. The second-order valence-corrected chi connectivity index (χ2v) is 9.76. The van der Waals surface area contributed by atoms with Gasteiger partial charge >= 0.3 is 19.6 Å². The monoisotopic (exact) mass is 561 g/mol. The van der Waals surface area contributed by atoms with Crippen molar-refractivity contribution in [3.8, 4) is 0 Å². The van der Waals surface area contributed by atoms with Gasteiger partial charge < -0.3 is 29.9 Å². The van der Waals surface area contributed by atoms with E-state index in [1.807, 2.05) is 0 Å². The van der Waals surface area contributed by atoms with Gasteiger partial charge in [0.1, 0.15) is 24.7 Å². The van der Waals surface area contributed by atoms with Crippen LogP contribution >= 0.6 is 8.25 Å². The van der Waals surface area contributed by atoms with Gasteiger partial charge in [0, 0.05) is 40.9 Å². The van der Waals surface area contributed by atoms with E-state index in [2.05, 4.69) is 9.97 Å². The van der Waals surface area contributed by atoms with Crippen LogP contribution < -0.4 is 22.5 Å². The molecule has 17 nitrogen and oxygen atoms in total. The van der Waals surface area contributed by atoms with Crippen molar-refractivity contribution in [1.82, 2.24) is 19.1 Å². The Morgan fingerprint density at radius 3 is 1.58 bits per heavy atom. The number of rotatable bonds is 8. The van der Waals surface area contributed by atoms with Gasteiger partial charge in [-0.3, -0.25) is 28.7 Å². The fraction of sp³-hybridized carbons (Fsp3) is 0.600. The first-order valence-electron chi connectivity index (χ1n) is 11.3. The number of hydrogen-bond acceptors (Lipinski definition) is 13. The van der Waals surface area contributed by atoms with E-state index in [0.29, 0.717) is 0 Å². The van der Waals surface area contributed by atoms with Crippen LogP contribution in [0.15, 0.2) is 31.6 Å². The van der Waals surface area contributed by atoms with Gasteiger partial charge in [-0.2, -0.15) is 0 Å². The lowest BCUT2D eigenvalue weighted by Crippen LogP contribution is -2.37. The molecular formula is C20H26N4O13P+. The highest BCUT2D eigenvalue weighted by Crippen LogP contribution is 2.37. The van der Waals surface area contributed by atoms with Crippen molar-refractivity contribution < 1.29 is 43.5 Å². The molecule has 8 atom stereocenters. The van der Waals surface area contributed by atoms with Gasteiger partial charge in [-0.05, 0) is 13.8 Å². The van der Waals surface area contributed by atoms with E-state index < -0.39 is 80.2 Å². The van der Waals surface area contributed by atoms with Gasteiger partial charge in [0.05, 0.1) is 12.2 Å². The first-order chi connectivity index (χ1) is 17.8. The van der Waals surface area contributed by atoms with Crippen molar-refractivity contribution in [3.05, 3.63) is 65.2 Å². The van der Waals surface area contributed by atoms with E-state index in [1.54, 1.807) is 0 Å². The summed E-state index contributed by atoms with van der Waals surface area (Å²) in [6.45, 7) is 2.91. The number of H-pyrrole nitrogens is 2. The minimum atomic E-state index is -3.26. The van der Waals surface area contributed by atoms with Crippen molar-refractivity contribution in [2.45, 2.75) is 76.1 Å². The first-order valence-corrected chi connectivity index (χ1v) is 12.4. The third-order valence-electron chi connectivity index (χ3n) is 6.14. The van der Waals surface area contributed by atoms with Crippen LogP contribution in [0.5, 0.6) is 0 Å². The number of aliphatic hydroxyl groups excluding tert-OH is 4. The SMILES string of the molecule is Cc1cn([C@H]2C[C@H](O)[C@@H](C(O)O[P+](=O)OC(O)[C@H]3O[C@@H](n4cc(C)c(=O)[nH]c4=O)C[C@@H]3O)O2)c(=O)[nH]c1=O. The van der Waals surface area contributed by atoms with E-state index >= 15 is 0 Å². The zero-order valence-electron chi connectivity index (χ0n) is 20.0. The summed E-state index contributed by atoms with van der Waals surface area (Å²) in [5.41, 5.74) is -2.40. The standard InChI is InChI=1S/C20H25N4O13P/c1-7-5-23(19(31)21-15(7)27)11-3-9(25)13(34-11)17(29)36-38(33)37-18(30)14-10(26)4-12(35-14)24-6-8(2)16(28)22-20(24)32/h5-6,9-14,17-18,25-26,29-30H,3-4H2,1-2H3,(H-,21,22,27,28,31,32)/p+1/t9-,10-,11+,12+,13-,14-,17?,18?/m0/s1. The molecule has 38 heavy (non-hydrogen) atoms. The van der Waals surface area contributed by atoms with Crippen molar-refractivity contribution >= 4 is 8.25 Å². The average molecular weight is 561 g/mol. The summed E-state index contributed by atoms with van der Waals surface area (Å²) < 4.78 is 34.8. The minimum absolute atomic E-state index is 0.177. The maximum absolute atomic E-state index is 12.3. The predicted molar refractivity (Wildman–Crippen MR) is 123 cm³/mol. The van der Waals surface area contributed by atoms with Gasteiger partial charge in [-0.15, -0.1) is 0 Å². The molecule has 2 aromatic heterocycles. The molecule has 2 aliphatic heterocycles. The Bertz CT molecular complexity index is 1330. The van der Waals surface area contributed by atoms with Crippen LogP contribution in [0.1, 0.15) is 36.4 Å². The largest absolute Gasteiger partial charge is 0.703 e. The van der Waals surface area contributed by atoms with Crippen LogP contribution in [0, 0.1) is 13.8 Å². The fourth-order valence-corrected chi connectivity index (χ4v) is 4.77. The Morgan fingerprint density at radius 2 is 1.21 bits per heavy atom. The summed E-state index contributed by atoms with van der Waals surface area (Å²) in [5.74, 6) is 0. The first kappa shape index (κ1) is 28.2. The number of aromatic nitrogens is 4. The Labute approximate surface area is 212 Å². The highest BCUT2D eigenvalue weighted by Gasteiger charge is 2.48. The third-order valence-corrected chi connectivity index (χ3v) is 6.91. The normalized spacial score (nSPS) is 29.4. The number of aliphatic hydroxyl groups is 4. The van der Waals surface area contributed by atoms with Crippen LogP contribution in [0.2, 0.25) is 0 Å². The van der Waals surface area contributed by atoms with Crippen LogP contribution in [-0.4, -0.2) is 76.5 Å². The van der Waals surface area contributed by atoms with Crippen LogP contribution in [0.4, 0.5) is 0 Å². The molecule has 2 unspecified atom stereocenters. The Balaban J connectivity index is 1.35. The number of aryl methyl sites for hydroxylation is 2. The molecule has 0 aromatic carbocycles. The zero-order chi connectivity index (χ0) is 27.9. The van der Waals surface area contributed by atoms with Crippen molar-refractivity contribution in [2.24, 2.45) is 0 Å². The highest BCUT2D eigenvalue weighted by atomic mass is 31.1. The highest BCUT2D eigenvalue weighted by molar-refractivity contribution is 7.33. The number of nitrogens with zero attached hydrogens (tertiary/aromatic N) is 2. The van der Waals surface area contributed by atoms with Gasteiger partial charge in [0.25, 0.3) is 11.1 Å². The lowest BCUT2D eigenvalue weighted by Gasteiger charge is -2.19. The number of nitrogens with one attached hydrogen (secondary N) is 2. The molecule has 0 amide bonds. The molecule has 2 aromatic rings. The molecule has 0 radical (unpaired) electrons. The molecule has 0 spiro atoms. The number of hydrogen-bond donors (Lipinski definition) is 6. The second kappa shape index (κ2) is 11.1. The van der Waals surface area contributed by atoms with E-state index in [-0.39, 0.29) is 24.0 Å². The molecule has 0 bridgehead atoms. The summed E-state index contributed by atoms with van der Waals surface area (Å²) in [5, 5.41) is 41.1. The van der Waals surface area contributed by atoms with E-state index in [1.165, 1.54) is 26.2 Å². The Morgan fingerprint density at radius 1 is 0.842 bits per heavy atom. The topological polar surface area (TPSA) is 245 Å². The molecule has 0 aliphatic carbocycles. The number of ether oxygens (including phenoxy) is 2. The van der Waals surface area contributed by atoms with Gasteiger partial charge in [0.15, 0.2) is 0 Å². The summed E-state index contributed by atoms with van der Waals surface area (Å²) in [6.07, 6.45) is -9.85. The molecule has 208 valence electrons. The lowest BCUT2D eigenvalue weighted by atomic mass is 10.2. The predicted octanol–water partition coefficient (Wildman–Crippen LogP) is -2.67. The van der Waals surface area contributed by atoms with Crippen molar-refractivity contribution in [1.29, 1.82) is 0 Å². The Kier molecular flexibility index (Phi) is 8.22. The van der Waals surface area contributed by atoms with Crippen LogP contribution in [0.3, 0.4) is 0 Å². The van der Waals surface area contributed by atoms with E-state index in [4.69, 9.17) is 18.5 Å². The van der Waals surface area contributed by atoms with Crippen molar-refractivity contribution in [3.63, 3.8) is 0 Å². The smallest absolute Gasteiger partial charge is 0.390 e. The van der Waals surface area contributed by atoms with Crippen LogP contribution in [0.25, 0.3) is 0 Å². The summed E-state index contributed by atoms with van der Waals surface area (Å²) in [4.78, 5) is 51.4. The maximum Gasteiger partial charge on any atom is 0.703 e. The molecule has 4 rings (SSSR count). The maximum atomic E-state index is 12.3. The van der Waals surface area contributed by atoms with E-state index in [0.717, 1.165) is 9.13 Å². The van der Waals surface area contributed by atoms with Crippen LogP contribution in [-0.2, 0) is 23.1 Å². The summed E-state index contributed by atoms with van der Waals surface area (Å²) in [7, 11) is -3.26. The molecule has 2 fully saturated rings. The average Bonchev–Trinajstić information content (AvgIpc) is 3.41. The molecule has 0 saturated carbocycles. The Hall–Kier alpha value is -2.86. The van der Waals surface area contributed by atoms with Crippen molar-refractivity contribution in [2.75, 3.05) is 0 Å². The van der Waals surface area contributed by atoms with Gasteiger partial charge in [-0.1, -0.05) is 9.05 Å². The fourth-order valence-electron chi connectivity index (χ4n) is 4.13. The second-order valence-electron chi connectivity index (χ2n) is 8.89. The molecule has 6 N–H and O–H groups in total. The minimum Gasteiger partial charge on any atom is -0.390 e. The summed E-state index contributed by atoms with van der Waals surface area (Å²) in [6, 6.07) is 0. The molecule has 4 heterocycles. The zero-order valence-corrected chi connectivity index (χ0v) is 20.9. The van der Waals surface area contributed by atoms with Gasteiger partial charge in [-0.25, -0.2) is 9.59 Å². The quantitative estimate of drug-likeness (QED) is 0.142. The molecule has 18 heteroatoms. The third kappa shape index (κ3) is 5.75. The van der Waals surface area contributed by atoms with E-state index in [9.17, 15) is 44.2 Å². The summed E-state index contributed by atoms with van der Waals surface area (Å²) >= 11 is 0.